The van der Waals surface area contributed by atoms with Crippen LogP contribution in [-0.4, -0.2) is 35.5 Å². The molecule has 54 valence electrons. The minimum absolute atomic E-state index is 0. The van der Waals surface area contributed by atoms with Crippen LogP contribution in [-0.2, 0) is 0 Å². The normalized spacial score (nSPS) is 8.45. The van der Waals surface area contributed by atoms with Crippen LogP contribution in [0.2, 0.25) is 0 Å². The molecule has 0 aliphatic heterocycles. The molecule has 0 saturated heterocycles. The van der Waals surface area contributed by atoms with Crippen molar-refractivity contribution in [3.8, 4) is 0 Å². The van der Waals surface area contributed by atoms with Gasteiger partial charge in [-0.25, -0.2) is 0 Å². The zero-order chi connectivity index (χ0) is 7.56. The molecule has 0 atom stereocenters. The Balaban J connectivity index is 0.000001000. The molecule has 11 heavy (non-hydrogen) atoms. The van der Waals surface area contributed by atoms with E-state index < -0.39 is 5.91 Å². The van der Waals surface area contributed by atoms with Gasteiger partial charge in [-0.3, -0.25) is 4.79 Å². The number of carbonyl (C=O) groups excluding carboxylic acids is 1. The van der Waals surface area contributed by atoms with Crippen LogP contribution in [0.5, 0.6) is 0 Å². The summed E-state index contributed by atoms with van der Waals surface area (Å²) >= 11 is 4.04. The molecule has 4 heteroatoms. The van der Waals surface area contributed by atoms with Gasteiger partial charge in [-0.15, -0.1) is 12.6 Å². The Morgan fingerprint density at radius 2 is 1.91 bits per heavy atom. The first-order chi connectivity index (χ1) is 4.72. The fourth-order valence-corrected chi connectivity index (χ4v) is 0.953. The summed E-state index contributed by atoms with van der Waals surface area (Å²) in [6.45, 7) is 0. The van der Waals surface area contributed by atoms with Crippen molar-refractivity contribution in [1.82, 2.24) is 0 Å². The summed E-state index contributed by atoms with van der Waals surface area (Å²) in [5.41, 5.74) is 5.49. The average Bonchev–Trinajstić information content (AvgIpc) is 1.88. The first-order valence-electron chi connectivity index (χ1n) is 2.79. The number of thiol groups is 1. The Hall–Kier alpha value is 0.0400. The number of rotatable bonds is 1. The van der Waals surface area contributed by atoms with Crippen LogP contribution in [0.4, 0.5) is 0 Å². The van der Waals surface area contributed by atoms with Crippen molar-refractivity contribution in [2.45, 2.75) is 4.90 Å². The van der Waals surface area contributed by atoms with E-state index >= 15 is 0 Å². The van der Waals surface area contributed by atoms with Crippen LogP contribution in [0, 0.1) is 0 Å². The Labute approximate surface area is 92.9 Å². The summed E-state index contributed by atoms with van der Waals surface area (Å²) in [5, 5.41) is 0. The SMILES string of the molecule is NC(=O)c1ccccc1S.[NaH]. The number of hydrogen-bond donors (Lipinski definition) is 2. The van der Waals surface area contributed by atoms with E-state index in [0.717, 1.165) is 0 Å². The standard InChI is InChI=1S/C7H7NOS.Na.H/c8-7(9)5-3-1-2-4-6(5)10;;/h1-4,10H,(H2,8,9);;. The Kier molecular flexibility index (Phi) is 4.84. The second-order valence-corrected chi connectivity index (χ2v) is 2.36. The summed E-state index contributed by atoms with van der Waals surface area (Å²) in [7, 11) is 0. The summed E-state index contributed by atoms with van der Waals surface area (Å²) < 4.78 is 0. The third kappa shape index (κ3) is 2.87. The number of carbonyl (C=O) groups is 1. The van der Waals surface area contributed by atoms with Gasteiger partial charge in [0.25, 0.3) is 0 Å². The van der Waals surface area contributed by atoms with Gasteiger partial charge in [0.2, 0.25) is 5.91 Å². The molecular formula is C7H8NNaOS. The summed E-state index contributed by atoms with van der Waals surface area (Å²) in [4.78, 5) is 11.2. The van der Waals surface area contributed by atoms with Gasteiger partial charge >= 0.3 is 29.6 Å². The maximum atomic E-state index is 10.6. The Morgan fingerprint density at radius 3 is 2.27 bits per heavy atom. The van der Waals surface area contributed by atoms with Crippen LogP contribution in [0.15, 0.2) is 29.2 Å². The zero-order valence-electron chi connectivity index (χ0n) is 5.24. The van der Waals surface area contributed by atoms with Crippen LogP contribution < -0.4 is 5.73 Å². The molecule has 0 spiro atoms. The quantitative estimate of drug-likeness (QED) is 0.474. The van der Waals surface area contributed by atoms with Crippen molar-refractivity contribution in [1.29, 1.82) is 0 Å². The van der Waals surface area contributed by atoms with Crippen LogP contribution in [0.25, 0.3) is 0 Å². The second kappa shape index (κ2) is 4.83. The number of primary amides is 1. The maximum absolute atomic E-state index is 10.6. The molecule has 1 rings (SSSR count). The van der Waals surface area contributed by atoms with Gasteiger partial charge in [-0.2, -0.15) is 0 Å². The number of hydrogen-bond acceptors (Lipinski definition) is 2. The van der Waals surface area contributed by atoms with Crippen molar-refractivity contribution in [2.75, 3.05) is 0 Å². The van der Waals surface area contributed by atoms with Gasteiger partial charge in [-0.1, -0.05) is 12.1 Å². The molecule has 0 radical (unpaired) electrons. The average molecular weight is 177 g/mol. The first-order valence-corrected chi connectivity index (χ1v) is 3.24. The van der Waals surface area contributed by atoms with Gasteiger partial charge in [-0.05, 0) is 12.1 Å². The molecule has 1 amide bonds. The van der Waals surface area contributed by atoms with E-state index in [2.05, 4.69) is 12.6 Å². The molecule has 0 unspecified atom stereocenters. The van der Waals surface area contributed by atoms with Gasteiger partial charge in [0.15, 0.2) is 0 Å². The first kappa shape index (κ1) is 11.0. The van der Waals surface area contributed by atoms with E-state index in [9.17, 15) is 4.79 Å². The molecule has 0 aromatic heterocycles. The summed E-state index contributed by atoms with van der Waals surface area (Å²) in [5.74, 6) is -0.439. The fourth-order valence-electron chi connectivity index (χ4n) is 0.682. The van der Waals surface area contributed by atoms with Gasteiger partial charge in [0.1, 0.15) is 0 Å². The molecule has 2 nitrogen and oxygen atoms in total. The minimum atomic E-state index is -0.439. The molecule has 1 aromatic carbocycles. The second-order valence-electron chi connectivity index (χ2n) is 1.88. The number of nitrogens with two attached hydrogens (primary N) is 1. The summed E-state index contributed by atoms with van der Waals surface area (Å²) in [6, 6.07) is 6.92. The third-order valence-electron chi connectivity index (χ3n) is 1.17. The van der Waals surface area contributed by atoms with Gasteiger partial charge in [0.05, 0.1) is 5.56 Å². The molecular weight excluding hydrogens is 169 g/mol. The number of amides is 1. The molecule has 0 aliphatic rings. The van der Waals surface area contributed by atoms with E-state index in [1.165, 1.54) is 0 Å². The van der Waals surface area contributed by atoms with Crippen molar-refractivity contribution in [2.24, 2.45) is 5.73 Å². The van der Waals surface area contributed by atoms with Crippen LogP contribution in [0.3, 0.4) is 0 Å². The summed E-state index contributed by atoms with van der Waals surface area (Å²) in [6.07, 6.45) is 0. The van der Waals surface area contributed by atoms with Crippen molar-refractivity contribution in [3.05, 3.63) is 29.8 Å². The van der Waals surface area contributed by atoms with Crippen LogP contribution in [0.1, 0.15) is 10.4 Å². The van der Waals surface area contributed by atoms with E-state index in [4.69, 9.17) is 5.73 Å². The topological polar surface area (TPSA) is 43.1 Å². The fraction of sp³-hybridized carbons (Fsp3) is 0. The van der Waals surface area contributed by atoms with Crippen molar-refractivity contribution < 1.29 is 4.79 Å². The van der Waals surface area contributed by atoms with E-state index in [-0.39, 0.29) is 29.6 Å². The third-order valence-corrected chi connectivity index (χ3v) is 1.56. The molecule has 0 saturated carbocycles. The molecule has 0 fully saturated rings. The number of benzene rings is 1. The molecule has 0 bridgehead atoms. The van der Waals surface area contributed by atoms with E-state index in [1.807, 2.05) is 0 Å². The van der Waals surface area contributed by atoms with Crippen molar-refractivity contribution >= 4 is 48.1 Å². The molecule has 1 aromatic rings. The predicted molar refractivity (Wildman–Crippen MR) is 49.4 cm³/mol. The molecule has 2 N–H and O–H groups in total. The van der Waals surface area contributed by atoms with Crippen molar-refractivity contribution in [3.63, 3.8) is 0 Å². The van der Waals surface area contributed by atoms with E-state index in [1.54, 1.807) is 24.3 Å². The predicted octanol–water partition coefficient (Wildman–Crippen LogP) is 0.426. The molecule has 0 aliphatic carbocycles. The zero-order valence-corrected chi connectivity index (χ0v) is 6.14. The van der Waals surface area contributed by atoms with Gasteiger partial charge < -0.3 is 5.73 Å². The van der Waals surface area contributed by atoms with Crippen LogP contribution >= 0.6 is 12.6 Å². The van der Waals surface area contributed by atoms with E-state index in [0.29, 0.717) is 10.5 Å². The monoisotopic (exact) mass is 177 g/mol. The Bertz CT molecular complexity index is 264. The van der Waals surface area contributed by atoms with Gasteiger partial charge in [0, 0.05) is 4.90 Å². The Morgan fingerprint density at radius 1 is 1.36 bits per heavy atom. The molecule has 0 heterocycles.